The number of hydrogen-bond acceptors (Lipinski definition) is 4. The first-order chi connectivity index (χ1) is 11.6. The summed E-state index contributed by atoms with van der Waals surface area (Å²) in [6.07, 6.45) is 0. The molecule has 0 atom stereocenters. The van der Waals surface area contributed by atoms with Crippen molar-refractivity contribution in [1.29, 1.82) is 0 Å². The van der Waals surface area contributed by atoms with Crippen molar-refractivity contribution >= 4 is 21.9 Å². The maximum absolute atomic E-state index is 13.7. The van der Waals surface area contributed by atoms with E-state index in [9.17, 15) is 9.18 Å². The summed E-state index contributed by atoms with van der Waals surface area (Å²) >= 11 is 3.37. The molecule has 0 unspecified atom stereocenters. The first-order valence-electron chi connectivity index (χ1n) is 7.56. The third-order valence-electron chi connectivity index (χ3n) is 3.15. The average molecular weight is 397 g/mol. The fraction of sp³-hybridized carbons (Fsp3) is 0.278. The van der Waals surface area contributed by atoms with E-state index in [-0.39, 0.29) is 19.0 Å². The van der Waals surface area contributed by atoms with E-state index in [0.717, 1.165) is 0 Å². The van der Waals surface area contributed by atoms with E-state index in [1.165, 1.54) is 6.07 Å². The Labute approximate surface area is 148 Å². The molecule has 0 heterocycles. The fourth-order valence-electron chi connectivity index (χ4n) is 2.07. The SMILES string of the molecule is CCOC(=O)c1cc(Br)c(OCc2ccccc2F)c(OCC)c1. The fourth-order valence-corrected chi connectivity index (χ4v) is 2.63. The molecule has 6 heteroatoms. The highest BCUT2D eigenvalue weighted by atomic mass is 79.9. The lowest BCUT2D eigenvalue weighted by Gasteiger charge is -2.15. The largest absolute Gasteiger partial charge is 0.490 e. The van der Waals surface area contributed by atoms with Gasteiger partial charge in [0, 0.05) is 5.56 Å². The lowest BCUT2D eigenvalue weighted by molar-refractivity contribution is 0.0525. The molecule has 0 aliphatic carbocycles. The Morgan fingerprint density at radius 2 is 1.88 bits per heavy atom. The van der Waals surface area contributed by atoms with Gasteiger partial charge in [0.1, 0.15) is 12.4 Å². The Hall–Kier alpha value is -2.08. The van der Waals surface area contributed by atoms with E-state index in [1.54, 1.807) is 37.3 Å². The summed E-state index contributed by atoms with van der Waals surface area (Å²) in [7, 11) is 0. The van der Waals surface area contributed by atoms with Gasteiger partial charge < -0.3 is 14.2 Å². The number of rotatable bonds is 7. The average Bonchev–Trinajstić information content (AvgIpc) is 2.56. The van der Waals surface area contributed by atoms with Crippen LogP contribution in [0.2, 0.25) is 0 Å². The minimum Gasteiger partial charge on any atom is -0.490 e. The molecule has 128 valence electrons. The van der Waals surface area contributed by atoms with Crippen LogP contribution in [0.3, 0.4) is 0 Å². The van der Waals surface area contributed by atoms with Crippen LogP contribution in [-0.2, 0) is 11.3 Å². The number of carbonyl (C=O) groups excluding carboxylic acids is 1. The summed E-state index contributed by atoms with van der Waals surface area (Å²) in [5, 5.41) is 0. The molecule has 0 aliphatic heterocycles. The number of carbonyl (C=O) groups is 1. The zero-order valence-electron chi connectivity index (χ0n) is 13.5. The van der Waals surface area contributed by atoms with Crippen molar-refractivity contribution in [2.75, 3.05) is 13.2 Å². The monoisotopic (exact) mass is 396 g/mol. The zero-order chi connectivity index (χ0) is 17.5. The molecule has 0 radical (unpaired) electrons. The minimum absolute atomic E-state index is 0.0457. The lowest BCUT2D eigenvalue weighted by atomic mass is 10.2. The molecule has 0 saturated heterocycles. The number of hydrogen-bond donors (Lipinski definition) is 0. The smallest absolute Gasteiger partial charge is 0.338 e. The molecule has 2 rings (SSSR count). The van der Waals surface area contributed by atoms with Crippen LogP contribution in [0.1, 0.15) is 29.8 Å². The molecule has 4 nitrogen and oxygen atoms in total. The Bertz CT molecular complexity index is 718. The molecule has 0 amide bonds. The molecule has 24 heavy (non-hydrogen) atoms. The van der Waals surface area contributed by atoms with Gasteiger partial charge in [-0.3, -0.25) is 0 Å². The van der Waals surface area contributed by atoms with Crippen molar-refractivity contribution in [1.82, 2.24) is 0 Å². The zero-order valence-corrected chi connectivity index (χ0v) is 15.1. The van der Waals surface area contributed by atoms with Crippen LogP contribution in [-0.4, -0.2) is 19.2 Å². The summed E-state index contributed by atoms with van der Waals surface area (Å²) in [5.41, 5.74) is 0.784. The molecular formula is C18H18BrFO4. The van der Waals surface area contributed by atoms with Crippen molar-refractivity contribution in [3.8, 4) is 11.5 Å². The van der Waals surface area contributed by atoms with Gasteiger partial charge in [0.05, 0.1) is 23.2 Å². The van der Waals surface area contributed by atoms with Crippen LogP contribution < -0.4 is 9.47 Å². The molecule has 2 aromatic rings. The van der Waals surface area contributed by atoms with Crippen molar-refractivity contribution in [2.24, 2.45) is 0 Å². The second-order valence-corrected chi connectivity index (χ2v) is 5.67. The van der Waals surface area contributed by atoms with Crippen LogP contribution in [0.15, 0.2) is 40.9 Å². The molecule has 0 spiro atoms. The van der Waals surface area contributed by atoms with Crippen LogP contribution in [0.5, 0.6) is 11.5 Å². The van der Waals surface area contributed by atoms with E-state index in [2.05, 4.69) is 15.9 Å². The second kappa shape index (κ2) is 8.68. The predicted molar refractivity (Wildman–Crippen MR) is 92.0 cm³/mol. The standard InChI is InChI=1S/C18H18BrFO4/c1-3-22-16-10-13(18(21)23-4-2)9-14(19)17(16)24-11-12-7-5-6-8-15(12)20/h5-10H,3-4,11H2,1-2H3. The molecule has 2 aromatic carbocycles. The van der Waals surface area contributed by atoms with Gasteiger partial charge in [-0.15, -0.1) is 0 Å². The minimum atomic E-state index is -0.445. The van der Waals surface area contributed by atoms with E-state index < -0.39 is 5.97 Å². The Morgan fingerprint density at radius 3 is 2.54 bits per heavy atom. The Kier molecular flexibility index (Phi) is 6.61. The van der Waals surface area contributed by atoms with Crippen molar-refractivity contribution in [3.05, 3.63) is 57.8 Å². The van der Waals surface area contributed by atoms with E-state index >= 15 is 0 Å². The predicted octanol–water partition coefficient (Wildman–Crippen LogP) is 4.74. The van der Waals surface area contributed by atoms with Crippen LogP contribution in [0, 0.1) is 5.82 Å². The van der Waals surface area contributed by atoms with E-state index in [0.29, 0.717) is 33.7 Å². The van der Waals surface area contributed by atoms with Gasteiger partial charge in [0.2, 0.25) is 0 Å². The highest BCUT2D eigenvalue weighted by molar-refractivity contribution is 9.10. The highest BCUT2D eigenvalue weighted by Crippen LogP contribution is 2.37. The van der Waals surface area contributed by atoms with Gasteiger partial charge in [0.15, 0.2) is 11.5 Å². The summed E-state index contributed by atoms with van der Waals surface area (Å²) in [5.74, 6) is 0.0222. The van der Waals surface area contributed by atoms with Gasteiger partial charge in [-0.2, -0.15) is 0 Å². The second-order valence-electron chi connectivity index (χ2n) is 4.82. The van der Waals surface area contributed by atoms with Crippen molar-refractivity contribution in [2.45, 2.75) is 20.5 Å². The number of esters is 1. The number of ether oxygens (including phenoxy) is 3. The van der Waals surface area contributed by atoms with Crippen LogP contribution >= 0.6 is 15.9 Å². The summed E-state index contributed by atoms with van der Waals surface area (Å²) in [6.45, 7) is 4.29. The molecular weight excluding hydrogens is 379 g/mol. The third kappa shape index (κ3) is 4.47. The van der Waals surface area contributed by atoms with E-state index in [1.807, 2.05) is 6.92 Å². The van der Waals surface area contributed by atoms with Crippen LogP contribution in [0.25, 0.3) is 0 Å². The quantitative estimate of drug-likeness (QED) is 0.633. The van der Waals surface area contributed by atoms with Crippen LogP contribution in [0.4, 0.5) is 4.39 Å². The topological polar surface area (TPSA) is 44.8 Å². The highest BCUT2D eigenvalue weighted by Gasteiger charge is 2.17. The normalized spacial score (nSPS) is 10.3. The first-order valence-corrected chi connectivity index (χ1v) is 8.35. The molecule has 0 aromatic heterocycles. The molecule has 0 N–H and O–H groups in total. The number of halogens is 2. The molecule has 0 fully saturated rings. The van der Waals surface area contributed by atoms with Gasteiger partial charge in [0.25, 0.3) is 0 Å². The lowest BCUT2D eigenvalue weighted by Crippen LogP contribution is -2.07. The summed E-state index contributed by atoms with van der Waals surface area (Å²) in [6, 6.07) is 9.54. The Balaban J connectivity index is 2.28. The maximum atomic E-state index is 13.7. The molecule has 0 saturated carbocycles. The van der Waals surface area contributed by atoms with Gasteiger partial charge >= 0.3 is 5.97 Å². The first kappa shape index (κ1) is 18.3. The summed E-state index contributed by atoms with van der Waals surface area (Å²) < 4.78 is 30.5. The van der Waals surface area contributed by atoms with Gasteiger partial charge in [-0.25, -0.2) is 9.18 Å². The van der Waals surface area contributed by atoms with Crippen molar-refractivity contribution < 1.29 is 23.4 Å². The van der Waals surface area contributed by atoms with Gasteiger partial charge in [-0.05, 0) is 48.0 Å². The third-order valence-corrected chi connectivity index (χ3v) is 3.74. The maximum Gasteiger partial charge on any atom is 0.338 e. The van der Waals surface area contributed by atoms with E-state index in [4.69, 9.17) is 14.2 Å². The Morgan fingerprint density at radius 1 is 1.12 bits per heavy atom. The molecule has 0 aliphatic rings. The van der Waals surface area contributed by atoms with Gasteiger partial charge in [-0.1, -0.05) is 18.2 Å². The summed E-state index contributed by atoms with van der Waals surface area (Å²) in [4.78, 5) is 11.9. The number of benzene rings is 2. The molecule has 0 bridgehead atoms. The van der Waals surface area contributed by atoms with Crippen molar-refractivity contribution in [3.63, 3.8) is 0 Å².